The van der Waals surface area contributed by atoms with Crippen LogP contribution >= 0.6 is 0 Å². The lowest BCUT2D eigenvalue weighted by Gasteiger charge is -2.36. The number of nitrogens with one attached hydrogen (secondary N) is 1. The second-order valence-corrected chi connectivity index (χ2v) is 10.4. The fourth-order valence-electron chi connectivity index (χ4n) is 4.59. The van der Waals surface area contributed by atoms with Gasteiger partial charge >= 0.3 is 5.97 Å². The van der Waals surface area contributed by atoms with E-state index >= 15 is 0 Å². The molecule has 2 atom stereocenters. The topological polar surface area (TPSA) is 75.3 Å². The van der Waals surface area contributed by atoms with Crippen LogP contribution < -0.4 is 0 Å². The number of aromatic amines is 1. The first-order chi connectivity index (χ1) is 16.7. The summed E-state index contributed by atoms with van der Waals surface area (Å²) < 4.78 is 5.44. The zero-order valence-corrected chi connectivity index (χ0v) is 21.1. The van der Waals surface area contributed by atoms with Gasteiger partial charge in [-0.2, -0.15) is 0 Å². The van der Waals surface area contributed by atoms with Crippen molar-refractivity contribution in [1.29, 1.82) is 0 Å². The maximum absolute atomic E-state index is 13.5. The Bertz CT molecular complexity index is 1150. The predicted molar refractivity (Wildman–Crippen MR) is 137 cm³/mol. The Balaban J connectivity index is 1.43. The minimum Gasteiger partial charge on any atom is -0.456 e. The molecule has 1 amide bonds. The Morgan fingerprint density at radius 1 is 1.09 bits per heavy atom. The first kappa shape index (κ1) is 24.7. The SMILES string of the molecule is C[C@@H](Cc1ccc(C(=O)OC(C)(C)C)cc1)C(=O)N1CCCC[C@H]1c1ncc(-c2ccccc2)[nH]1. The number of amides is 1. The highest BCUT2D eigenvalue weighted by Gasteiger charge is 2.32. The molecule has 4 rings (SSSR count). The molecule has 0 spiro atoms. The highest BCUT2D eigenvalue weighted by molar-refractivity contribution is 5.89. The molecule has 1 fully saturated rings. The summed E-state index contributed by atoms with van der Waals surface area (Å²) in [6.07, 6.45) is 5.47. The minimum atomic E-state index is -0.530. The van der Waals surface area contributed by atoms with Gasteiger partial charge in [-0.3, -0.25) is 4.79 Å². The first-order valence-corrected chi connectivity index (χ1v) is 12.4. The van der Waals surface area contributed by atoms with Gasteiger partial charge in [0.1, 0.15) is 11.4 Å². The number of esters is 1. The number of aromatic nitrogens is 2. The summed E-state index contributed by atoms with van der Waals surface area (Å²) in [6.45, 7) is 8.28. The quantitative estimate of drug-likeness (QED) is 0.448. The number of imidazole rings is 1. The first-order valence-electron chi connectivity index (χ1n) is 12.4. The smallest absolute Gasteiger partial charge is 0.338 e. The standard InChI is InChI=1S/C29H35N3O3/c1-20(18-21-13-15-23(16-14-21)28(34)35-29(2,3)4)27(33)32-17-9-8-12-25(32)26-30-19-24(31-26)22-10-6-5-7-11-22/h5-7,10-11,13-16,19-20,25H,8-9,12,17-18H2,1-4H3,(H,30,31)/t20-,25-/m0/s1. The average molecular weight is 474 g/mol. The van der Waals surface area contributed by atoms with Crippen LogP contribution in [-0.2, 0) is 16.0 Å². The lowest BCUT2D eigenvalue weighted by Crippen LogP contribution is -2.42. The van der Waals surface area contributed by atoms with Gasteiger partial charge in [0.25, 0.3) is 0 Å². The lowest BCUT2D eigenvalue weighted by molar-refractivity contribution is -0.139. The molecule has 3 aromatic rings. The van der Waals surface area contributed by atoms with Crippen molar-refractivity contribution >= 4 is 11.9 Å². The Morgan fingerprint density at radius 3 is 2.49 bits per heavy atom. The van der Waals surface area contributed by atoms with Gasteiger partial charge in [-0.15, -0.1) is 0 Å². The summed E-state index contributed by atoms with van der Waals surface area (Å²) in [5, 5.41) is 0. The van der Waals surface area contributed by atoms with Gasteiger partial charge in [0.15, 0.2) is 0 Å². The number of likely N-dealkylation sites (tertiary alicyclic amines) is 1. The molecule has 1 aromatic heterocycles. The van der Waals surface area contributed by atoms with Gasteiger partial charge in [0, 0.05) is 12.5 Å². The fourth-order valence-corrected chi connectivity index (χ4v) is 4.59. The van der Waals surface area contributed by atoms with Crippen LogP contribution in [0.3, 0.4) is 0 Å². The van der Waals surface area contributed by atoms with Gasteiger partial charge in [-0.1, -0.05) is 49.4 Å². The number of rotatable bonds is 6. The molecule has 2 aromatic carbocycles. The molecule has 184 valence electrons. The fraction of sp³-hybridized carbons (Fsp3) is 0.414. The molecule has 1 saturated heterocycles. The highest BCUT2D eigenvalue weighted by atomic mass is 16.6. The van der Waals surface area contributed by atoms with Crippen molar-refractivity contribution in [2.24, 2.45) is 5.92 Å². The third-order valence-electron chi connectivity index (χ3n) is 6.33. The third kappa shape index (κ3) is 6.18. The molecule has 0 radical (unpaired) electrons. The van der Waals surface area contributed by atoms with E-state index in [1.807, 2.05) is 69.1 Å². The number of hydrogen-bond donors (Lipinski definition) is 1. The number of carbonyl (C=O) groups excluding carboxylic acids is 2. The molecular formula is C29H35N3O3. The van der Waals surface area contributed by atoms with Crippen LogP contribution in [0.4, 0.5) is 0 Å². The number of H-pyrrole nitrogens is 1. The van der Waals surface area contributed by atoms with Crippen molar-refractivity contribution in [3.63, 3.8) is 0 Å². The zero-order valence-electron chi connectivity index (χ0n) is 21.1. The van der Waals surface area contributed by atoms with Crippen molar-refractivity contribution < 1.29 is 14.3 Å². The molecule has 0 aliphatic carbocycles. The second-order valence-electron chi connectivity index (χ2n) is 10.4. The van der Waals surface area contributed by atoms with E-state index in [2.05, 4.69) is 22.1 Å². The van der Waals surface area contributed by atoms with E-state index in [4.69, 9.17) is 4.74 Å². The van der Waals surface area contributed by atoms with Gasteiger partial charge < -0.3 is 14.6 Å². The molecule has 0 saturated carbocycles. The number of benzene rings is 2. The minimum absolute atomic E-state index is 0.0364. The van der Waals surface area contributed by atoms with Crippen LogP contribution in [0, 0.1) is 5.92 Å². The Labute approximate surface area is 207 Å². The molecule has 0 unspecified atom stereocenters. The molecule has 2 heterocycles. The number of hydrogen-bond acceptors (Lipinski definition) is 4. The van der Waals surface area contributed by atoms with Crippen LogP contribution in [0.5, 0.6) is 0 Å². The van der Waals surface area contributed by atoms with Gasteiger partial charge in [0.2, 0.25) is 5.91 Å². The molecular weight excluding hydrogens is 438 g/mol. The van der Waals surface area contributed by atoms with Crippen molar-refractivity contribution in [2.75, 3.05) is 6.54 Å². The summed E-state index contributed by atoms with van der Waals surface area (Å²) in [4.78, 5) is 35.9. The van der Waals surface area contributed by atoms with E-state index in [1.54, 1.807) is 12.1 Å². The van der Waals surface area contributed by atoms with Gasteiger partial charge in [-0.05, 0) is 69.7 Å². The molecule has 1 aliphatic rings. The third-order valence-corrected chi connectivity index (χ3v) is 6.33. The van der Waals surface area contributed by atoms with Gasteiger partial charge in [0.05, 0.1) is 23.5 Å². The van der Waals surface area contributed by atoms with E-state index < -0.39 is 5.60 Å². The van der Waals surface area contributed by atoms with E-state index in [9.17, 15) is 9.59 Å². The van der Waals surface area contributed by atoms with E-state index in [0.29, 0.717) is 12.0 Å². The van der Waals surface area contributed by atoms with E-state index in [0.717, 1.165) is 48.5 Å². The Hall–Kier alpha value is -3.41. The normalized spacial score (nSPS) is 17.1. The summed E-state index contributed by atoms with van der Waals surface area (Å²) in [6, 6.07) is 17.5. The van der Waals surface area contributed by atoms with Crippen LogP contribution in [-0.4, -0.2) is 38.9 Å². The Kier molecular flexibility index (Phi) is 7.39. The second kappa shape index (κ2) is 10.5. The van der Waals surface area contributed by atoms with Crippen molar-refractivity contribution in [2.45, 2.75) is 65.0 Å². The molecule has 6 nitrogen and oxygen atoms in total. The van der Waals surface area contributed by atoms with Crippen molar-refractivity contribution in [3.05, 3.63) is 77.7 Å². The largest absolute Gasteiger partial charge is 0.456 e. The van der Waals surface area contributed by atoms with E-state index in [1.165, 1.54) is 0 Å². The van der Waals surface area contributed by atoms with Gasteiger partial charge in [-0.25, -0.2) is 9.78 Å². The Morgan fingerprint density at radius 2 is 1.80 bits per heavy atom. The monoisotopic (exact) mass is 473 g/mol. The maximum Gasteiger partial charge on any atom is 0.338 e. The van der Waals surface area contributed by atoms with Crippen LogP contribution in [0.15, 0.2) is 60.8 Å². The van der Waals surface area contributed by atoms with Crippen molar-refractivity contribution in [1.82, 2.24) is 14.9 Å². The molecule has 0 bridgehead atoms. The summed E-state index contributed by atoms with van der Waals surface area (Å²) in [5.74, 6) is 0.485. The summed E-state index contributed by atoms with van der Waals surface area (Å²) in [7, 11) is 0. The van der Waals surface area contributed by atoms with Crippen LogP contribution in [0.25, 0.3) is 11.3 Å². The van der Waals surface area contributed by atoms with Crippen LogP contribution in [0.1, 0.15) is 74.7 Å². The lowest BCUT2D eigenvalue weighted by atomic mass is 9.95. The summed E-state index contributed by atoms with van der Waals surface area (Å²) in [5.41, 5.74) is 3.07. The van der Waals surface area contributed by atoms with Crippen LogP contribution in [0.2, 0.25) is 0 Å². The molecule has 1 aliphatic heterocycles. The summed E-state index contributed by atoms with van der Waals surface area (Å²) >= 11 is 0. The number of ether oxygens (including phenoxy) is 1. The zero-order chi connectivity index (χ0) is 25.0. The predicted octanol–water partition coefficient (Wildman–Crippen LogP) is 5.96. The number of nitrogens with zero attached hydrogens (tertiary/aromatic N) is 2. The molecule has 6 heteroatoms. The van der Waals surface area contributed by atoms with Crippen molar-refractivity contribution in [3.8, 4) is 11.3 Å². The van der Waals surface area contributed by atoms with E-state index in [-0.39, 0.29) is 23.8 Å². The maximum atomic E-state index is 13.5. The average Bonchev–Trinajstić information content (AvgIpc) is 3.34. The number of piperidine rings is 1. The highest BCUT2D eigenvalue weighted by Crippen LogP contribution is 2.32. The molecule has 1 N–H and O–H groups in total. The molecule has 35 heavy (non-hydrogen) atoms. The number of carbonyl (C=O) groups is 2.